The highest BCUT2D eigenvalue weighted by molar-refractivity contribution is 5.83. The molecule has 0 fully saturated rings. The number of amides is 2. The van der Waals surface area contributed by atoms with Crippen LogP contribution in [0.4, 0.5) is 0 Å². The number of rotatable bonds is 6. The van der Waals surface area contributed by atoms with Gasteiger partial charge in [0, 0.05) is 20.0 Å². The monoisotopic (exact) mass is 354 g/mol. The second-order valence-electron chi connectivity index (χ2n) is 6.27. The highest BCUT2D eigenvalue weighted by atomic mass is 16.7. The van der Waals surface area contributed by atoms with Crippen LogP contribution in [0.3, 0.4) is 0 Å². The molecule has 0 aromatic heterocycles. The first-order valence-electron chi connectivity index (χ1n) is 8.48. The number of hydrogen-bond donors (Lipinski definition) is 1. The van der Waals surface area contributed by atoms with Gasteiger partial charge in [-0.25, -0.2) is 0 Å². The van der Waals surface area contributed by atoms with Crippen molar-refractivity contribution in [2.24, 2.45) is 0 Å². The fraction of sp³-hybridized carbons (Fsp3) is 0.300. The van der Waals surface area contributed by atoms with Crippen LogP contribution >= 0.6 is 0 Å². The molecule has 1 aliphatic rings. The minimum atomic E-state index is -0.202. The molecule has 0 spiro atoms. The summed E-state index contributed by atoms with van der Waals surface area (Å²) in [6.45, 7) is 4.49. The van der Waals surface area contributed by atoms with Gasteiger partial charge < -0.3 is 19.7 Å². The van der Waals surface area contributed by atoms with E-state index in [1.165, 1.54) is 11.8 Å². The first-order valence-corrected chi connectivity index (χ1v) is 8.48. The summed E-state index contributed by atoms with van der Waals surface area (Å²) in [6, 6.07) is 13.4. The van der Waals surface area contributed by atoms with Gasteiger partial charge in [0.15, 0.2) is 11.5 Å². The fourth-order valence-electron chi connectivity index (χ4n) is 2.75. The summed E-state index contributed by atoms with van der Waals surface area (Å²) in [7, 11) is 0. The minimum absolute atomic E-state index is 0.0220. The number of aryl methyl sites for hydroxylation is 1. The highest BCUT2D eigenvalue weighted by Crippen LogP contribution is 2.32. The third kappa shape index (κ3) is 4.33. The van der Waals surface area contributed by atoms with E-state index >= 15 is 0 Å². The van der Waals surface area contributed by atoms with Crippen molar-refractivity contribution in [3.8, 4) is 11.5 Å². The average Bonchev–Trinajstić information content (AvgIpc) is 3.09. The maximum atomic E-state index is 12.3. The van der Waals surface area contributed by atoms with Gasteiger partial charge >= 0.3 is 0 Å². The van der Waals surface area contributed by atoms with Crippen LogP contribution in [0.1, 0.15) is 23.6 Å². The molecule has 0 atom stereocenters. The lowest BCUT2D eigenvalue weighted by molar-refractivity contribution is -0.135. The van der Waals surface area contributed by atoms with E-state index < -0.39 is 0 Å². The summed E-state index contributed by atoms with van der Waals surface area (Å²) in [4.78, 5) is 25.7. The Balaban J connectivity index is 1.56. The lowest BCUT2D eigenvalue weighted by atomic mass is 10.1. The van der Waals surface area contributed by atoms with Gasteiger partial charge in [-0.15, -0.1) is 0 Å². The number of ether oxygens (including phenoxy) is 2. The van der Waals surface area contributed by atoms with Crippen LogP contribution in [0.5, 0.6) is 11.5 Å². The molecule has 2 aromatic rings. The molecule has 0 unspecified atom stereocenters. The van der Waals surface area contributed by atoms with Gasteiger partial charge in [-0.05, 0) is 35.7 Å². The van der Waals surface area contributed by atoms with Crippen LogP contribution in [0.2, 0.25) is 0 Å². The Hall–Kier alpha value is -3.02. The van der Waals surface area contributed by atoms with Gasteiger partial charge in [0.1, 0.15) is 0 Å². The number of fused-ring (bicyclic) bond motifs is 1. The van der Waals surface area contributed by atoms with Crippen molar-refractivity contribution in [2.75, 3.05) is 13.3 Å². The first kappa shape index (κ1) is 17.8. The topological polar surface area (TPSA) is 67.9 Å². The molecule has 2 aromatic carbocycles. The lowest BCUT2D eigenvalue weighted by Crippen LogP contribution is -2.39. The van der Waals surface area contributed by atoms with Crippen molar-refractivity contribution in [3.05, 3.63) is 59.2 Å². The molecular weight excluding hydrogens is 332 g/mol. The van der Waals surface area contributed by atoms with Crippen molar-refractivity contribution >= 4 is 11.8 Å². The van der Waals surface area contributed by atoms with Gasteiger partial charge in [0.05, 0.1) is 6.54 Å². The number of nitrogens with one attached hydrogen (secondary N) is 1. The Morgan fingerprint density at radius 1 is 1.12 bits per heavy atom. The van der Waals surface area contributed by atoms with E-state index in [0.29, 0.717) is 24.6 Å². The maximum absolute atomic E-state index is 12.3. The summed E-state index contributed by atoms with van der Waals surface area (Å²) in [5.74, 6) is 1.06. The fourth-order valence-corrected chi connectivity index (χ4v) is 2.75. The Morgan fingerprint density at radius 2 is 1.88 bits per heavy atom. The van der Waals surface area contributed by atoms with Crippen molar-refractivity contribution < 1.29 is 19.1 Å². The number of carbonyl (C=O) groups is 2. The summed E-state index contributed by atoms with van der Waals surface area (Å²) >= 11 is 0. The van der Waals surface area contributed by atoms with Gasteiger partial charge in [-0.2, -0.15) is 0 Å². The predicted molar refractivity (Wildman–Crippen MR) is 96.7 cm³/mol. The lowest BCUT2D eigenvalue weighted by Gasteiger charge is -2.21. The third-order valence-electron chi connectivity index (χ3n) is 4.33. The smallest absolute Gasteiger partial charge is 0.239 e. The van der Waals surface area contributed by atoms with Crippen molar-refractivity contribution in [3.63, 3.8) is 0 Å². The highest BCUT2D eigenvalue weighted by Gasteiger charge is 2.16. The van der Waals surface area contributed by atoms with Crippen molar-refractivity contribution in [2.45, 2.75) is 26.9 Å². The molecule has 26 heavy (non-hydrogen) atoms. The Morgan fingerprint density at radius 3 is 2.65 bits per heavy atom. The SMILES string of the molecule is CC(=O)N(CC(=O)NCc1ccc2c(c1)OCO2)Cc1ccccc1C. The molecule has 2 amide bonds. The van der Waals surface area contributed by atoms with E-state index in [0.717, 1.165) is 16.7 Å². The maximum Gasteiger partial charge on any atom is 0.239 e. The Bertz CT molecular complexity index is 819. The summed E-state index contributed by atoms with van der Waals surface area (Å²) in [6.07, 6.45) is 0. The molecular formula is C20H22N2O4. The summed E-state index contributed by atoms with van der Waals surface area (Å²) < 4.78 is 10.6. The largest absolute Gasteiger partial charge is 0.454 e. The summed E-state index contributed by atoms with van der Waals surface area (Å²) in [5, 5.41) is 2.85. The zero-order chi connectivity index (χ0) is 18.5. The molecule has 0 saturated carbocycles. The molecule has 136 valence electrons. The van der Waals surface area contributed by atoms with Crippen LogP contribution in [0, 0.1) is 6.92 Å². The third-order valence-corrected chi connectivity index (χ3v) is 4.33. The van der Waals surface area contributed by atoms with E-state index in [2.05, 4.69) is 5.32 Å². The number of benzene rings is 2. The van der Waals surface area contributed by atoms with E-state index in [1.807, 2.05) is 49.4 Å². The molecule has 1 aliphatic heterocycles. The van der Waals surface area contributed by atoms with E-state index in [9.17, 15) is 9.59 Å². The first-order chi connectivity index (χ1) is 12.5. The molecule has 6 nitrogen and oxygen atoms in total. The van der Waals surface area contributed by atoms with Gasteiger partial charge in [0.25, 0.3) is 0 Å². The van der Waals surface area contributed by atoms with Crippen LogP contribution in [0.25, 0.3) is 0 Å². The molecule has 3 rings (SSSR count). The van der Waals surface area contributed by atoms with Crippen LogP contribution in [-0.4, -0.2) is 30.1 Å². The number of nitrogens with zero attached hydrogens (tertiary/aromatic N) is 1. The Kier molecular flexibility index (Phi) is 5.41. The Labute approximate surface area is 152 Å². The normalized spacial score (nSPS) is 11.9. The molecule has 0 aliphatic carbocycles. The van der Waals surface area contributed by atoms with Crippen LogP contribution in [-0.2, 0) is 22.7 Å². The zero-order valence-electron chi connectivity index (χ0n) is 15.0. The number of carbonyl (C=O) groups excluding carboxylic acids is 2. The quantitative estimate of drug-likeness (QED) is 0.865. The van der Waals surface area contributed by atoms with E-state index in [-0.39, 0.29) is 25.2 Å². The standard InChI is InChI=1S/C20H22N2O4/c1-14-5-3-4-6-17(14)11-22(15(2)23)12-20(24)21-10-16-7-8-18-19(9-16)26-13-25-18/h3-9H,10-13H2,1-2H3,(H,21,24). The van der Waals surface area contributed by atoms with Gasteiger partial charge in [-0.1, -0.05) is 30.3 Å². The molecule has 0 bridgehead atoms. The molecule has 0 saturated heterocycles. The van der Waals surface area contributed by atoms with E-state index in [4.69, 9.17) is 9.47 Å². The molecule has 0 radical (unpaired) electrons. The molecule has 6 heteroatoms. The number of hydrogen-bond acceptors (Lipinski definition) is 4. The minimum Gasteiger partial charge on any atom is -0.454 e. The summed E-state index contributed by atoms with van der Waals surface area (Å²) in [5.41, 5.74) is 3.04. The van der Waals surface area contributed by atoms with E-state index in [1.54, 1.807) is 0 Å². The molecule has 1 N–H and O–H groups in total. The van der Waals surface area contributed by atoms with Gasteiger partial charge in [0.2, 0.25) is 18.6 Å². The van der Waals surface area contributed by atoms with Crippen LogP contribution in [0.15, 0.2) is 42.5 Å². The van der Waals surface area contributed by atoms with Crippen molar-refractivity contribution in [1.82, 2.24) is 10.2 Å². The average molecular weight is 354 g/mol. The zero-order valence-corrected chi connectivity index (χ0v) is 15.0. The van der Waals surface area contributed by atoms with Gasteiger partial charge in [-0.3, -0.25) is 9.59 Å². The van der Waals surface area contributed by atoms with Crippen LogP contribution < -0.4 is 14.8 Å². The van der Waals surface area contributed by atoms with Crippen molar-refractivity contribution in [1.29, 1.82) is 0 Å². The second kappa shape index (κ2) is 7.91. The predicted octanol–water partition coefficient (Wildman–Crippen LogP) is 2.39. The molecule has 1 heterocycles. The second-order valence-corrected chi connectivity index (χ2v) is 6.27.